The highest BCUT2D eigenvalue weighted by Gasteiger charge is 2.40. The van der Waals surface area contributed by atoms with Crippen molar-refractivity contribution in [2.75, 3.05) is 13.1 Å². The summed E-state index contributed by atoms with van der Waals surface area (Å²) in [5.74, 6) is 0. The molecule has 0 aromatic rings. The summed E-state index contributed by atoms with van der Waals surface area (Å²) in [4.78, 5) is 7.79. The summed E-state index contributed by atoms with van der Waals surface area (Å²) in [6.45, 7) is 9.12. The smallest absolute Gasteiger partial charge is 0.204 e. The Morgan fingerprint density at radius 1 is 0.938 bits per heavy atom. The van der Waals surface area contributed by atoms with Crippen LogP contribution in [0.5, 0.6) is 0 Å². The van der Waals surface area contributed by atoms with Crippen molar-refractivity contribution in [3.05, 3.63) is 0 Å². The zero-order chi connectivity index (χ0) is 11.9. The summed E-state index contributed by atoms with van der Waals surface area (Å²) < 4.78 is 0. The van der Waals surface area contributed by atoms with E-state index in [-0.39, 0.29) is 0 Å². The fourth-order valence-electron chi connectivity index (χ4n) is 3.35. The molecule has 0 amide bonds. The van der Waals surface area contributed by atoms with Crippen molar-refractivity contribution in [2.24, 2.45) is 0 Å². The minimum absolute atomic E-state index is 0.973. The predicted molar refractivity (Wildman–Crippen MR) is 75.0 cm³/mol. The fraction of sp³-hybridized carbons (Fsp3) is 1.00. The monoisotopic (exact) mass is 242 g/mol. The topological polar surface area (TPSA) is 24.1 Å². The number of nitrogens with one attached hydrogen (secondary N) is 2. The van der Waals surface area contributed by atoms with Gasteiger partial charge in [0.05, 0.1) is 0 Å². The summed E-state index contributed by atoms with van der Waals surface area (Å²) >= 11 is 0. The minimum Gasteiger partial charge on any atom is -0.325 e. The molecule has 0 aliphatic heterocycles. The highest BCUT2D eigenvalue weighted by Crippen LogP contribution is 2.36. The Bertz CT molecular complexity index is 162. The molecule has 0 aromatic heterocycles. The second-order valence-electron chi connectivity index (χ2n) is 5.12. The summed E-state index contributed by atoms with van der Waals surface area (Å²) in [6, 6.07) is 1.40. The first-order valence-corrected chi connectivity index (χ1v) is 9.57. The molecule has 0 atom stereocenters. The van der Waals surface area contributed by atoms with Gasteiger partial charge in [-0.1, -0.05) is 59.3 Å². The lowest BCUT2D eigenvalue weighted by atomic mass is 10.0. The zero-order valence-corrected chi connectivity index (χ0v) is 12.4. The average Bonchev–Trinajstić information content (AvgIpc) is 2.31. The van der Waals surface area contributed by atoms with Gasteiger partial charge >= 0.3 is 0 Å². The molecular formula is C13H30N2Si. The van der Waals surface area contributed by atoms with E-state index in [1.165, 1.54) is 44.6 Å². The van der Waals surface area contributed by atoms with Crippen molar-refractivity contribution in [3.63, 3.8) is 0 Å². The standard InChI is InChI=1S/C13H30N2Si/c1-4-12-16(14-5-2,15-6-3)13-10-8-7-9-11-13/h13-15H,4-12H2,1-3H3. The molecule has 0 saturated heterocycles. The van der Waals surface area contributed by atoms with E-state index < -0.39 is 8.40 Å². The molecule has 96 valence electrons. The van der Waals surface area contributed by atoms with Crippen LogP contribution in [0.15, 0.2) is 0 Å². The van der Waals surface area contributed by atoms with E-state index in [4.69, 9.17) is 0 Å². The minimum atomic E-state index is -1.39. The van der Waals surface area contributed by atoms with Gasteiger partial charge in [0.15, 0.2) is 0 Å². The Labute approximate surface area is 103 Å². The highest BCUT2D eigenvalue weighted by molar-refractivity contribution is 6.76. The van der Waals surface area contributed by atoms with E-state index in [1.54, 1.807) is 0 Å². The van der Waals surface area contributed by atoms with Crippen LogP contribution < -0.4 is 9.96 Å². The lowest BCUT2D eigenvalue weighted by molar-refractivity contribution is 0.476. The summed E-state index contributed by atoms with van der Waals surface area (Å²) in [5.41, 5.74) is 0.973. The van der Waals surface area contributed by atoms with Crippen molar-refractivity contribution in [2.45, 2.75) is 70.9 Å². The largest absolute Gasteiger partial charge is 0.325 e. The zero-order valence-electron chi connectivity index (χ0n) is 11.4. The molecule has 0 aromatic carbocycles. The molecule has 0 spiro atoms. The molecule has 0 unspecified atom stereocenters. The Morgan fingerprint density at radius 3 is 1.94 bits per heavy atom. The van der Waals surface area contributed by atoms with Crippen LogP contribution in [0.3, 0.4) is 0 Å². The Kier molecular flexibility index (Phi) is 6.62. The maximum atomic E-state index is 3.90. The van der Waals surface area contributed by atoms with E-state index in [9.17, 15) is 0 Å². The van der Waals surface area contributed by atoms with Gasteiger partial charge in [0.1, 0.15) is 0 Å². The highest BCUT2D eigenvalue weighted by atomic mass is 28.3. The van der Waals surface area contributed by atoms with E-state index in [0.29, 0.717) is 0 Å². The third-order valence-electron chi connectivity index (χ3n) is 3.93. The van der Waals surface area contributed by atoms with Gasteiger partial charge in [-0.3, -0.25) is 0 Å². The van der Waals surface area contributed by atoms with Gasteiger partial charge in [0.25, 0.3) is 0 Å². The van der Waals surface area contributed by atoms with E-state index in [2.05, 4.69) is 30.7 Å². The molecule has 1 aliphatic carbocycles. The Morgan fingerprint density at radius 2 is 1.50 bits per heavy atom. The third kappa shape index (κ3) is 3.57. The number of hydrogen-bond donors (Lipinski definition) is 2. The van der Waals surface area contributed by atoms with Crippen molar-refractivity contribution >= 4 is 8.40 Å². The van der Waals surface area contributed by atoms with Gasteiger partial charge in [-0.2, -0.15) is 0 Å². The van der Waals surface area contributed by atoms with Crippen LogP contribution in [0.4, 0.5) is 0 Å². The molecule has 0 radical (unpaired) electrons. The lowest BCUT2D eigenvalue weighted by Gasteiger charge is -2.41. The Balaban J connectivity index is 2.70. The number of rotatable bonds is 7. The molecule has 1 rings (SSSR count). The molecule has 0 bridgehead atoms. The van der Waals surface area contributed by atoms with Crippen LogP contribution in [0.1, 0.15) is 59.3 Å². The van der Waals surface area contributed by atoms with Gasteiger partial charge in [0.2, 0.25) is 8.40 Å². The van der Waals surface area contributed by atoms with Gasteiger partial charge < -0.3 is 9.96 Å². The van der Waals surface area contributed by atoms with Crippen molar-refractivity contribution in [3.8, 4) is 0 Å². The molecule has 1 fully saturated rings. The maximum absolute atomic E-state index is 3.90. The van der Waals surface area contributed by atoms with Crippen molar-refractivity contribution in [1.29, 1.82) is 0 Å². The Hall–Kier alpha value is 0.137. The second-order valence-corrected chi connectivity index (χ2v) is 9.08. The van der Waals surface area contributed by atoms with E-state index in [1.807, 2.05) is 0 Å². The molecule has 1 aliphatic rings. The normalized spacial score (nSPS) is 18.9. The first-order valence-electron chi connectivity index (χ1n) is 7.29. The molecule has 1 saturated carbocycles. The maximum Gasteiger partial charge on any atom is 0.204 e. The molecular weight excluding hydrogens is 212 g/mol. The quantitative estimate of drug-likeness (QED) is 0.669. The van der Waals surface area contributed by atoms with Crippen molar-refractivity contribution < 1.29 is 0 Å². The molecule has 0 heterocycles. The van der Waals surface area contributed by atoms with Gasteiger partial charge in [-0.25, -0.2) is 0 Å². The fourth-order valence-corrected chi connectivity index (χ4v) is 8.26. The molecule has 2 N–H and O–H groups in total. The van der Waals surface area contributed by atoms with Crippen LogP contribution in [-0.2, 0) is 0 Å². The molecule has 2 nitrogen and oxygen atoms in total. The summed E-state index contributed by atoms with van der Waals surface area (Å²) in [5, 5.41) is 0. The average molecular weight is 242 g/mol. The van der Waals surface area contributed by atoms with E-state index >= 15 is 0 Å². The van der Waals surface area contributed by atoms with Crippen LogP contribution in [0.2, 0.25) is 11.6 Å². The van der Waals surface area contributed by atoms with Crippen LogP contribution in [0, 0.1) is 0 Å². The molecule has 16 heavy (non-hydrogen) atoms. The first kappa shape index (κ1) is 14.2. The predicted octanol–water partition coefficient (Wildman–Crippen LogP) is 3.39. The molecule has 3 heteroatoms. The van der Waals surface area contributed by atoms with Crippen LogP contribution >= 0.6 is 0 Å². The second kappa shape index (κ2) is 7.46. The van der Waals surface area contributed by atoms with Gasteiger partial charge in [-0.05, 0) is 24.7 Å². The lowest BCUT2D eigenvalue weighted by Crippen LogP contribution is -2.65. The number of hydrogen-bond acceptors (Lipinski definition) is 2. The summed E-state index contributed by atoms with van der Waals surface area (Å²) in [6.07, 6.45) is 8.63. The van der Waals surface area contributed by atoms with Gasteiger partial charge in [0, 0.05) is 0 Å². The van der Waals surface area contributed by atoms with E-state index in [0.717, 1.165) is 18.6 Å². The van der Waals surface area contributed by atoms with Gasteiger partial charge in [-0.15, -0.1) is 0 Å². The first-order chi connectivity index (χ1) is 7.79. The van der Waals surface area contributed by atoms with Crippen LogP contribution in [0.25, 0.3) is 0 Å². The van der Waals surface area contributed by atoms with Crippen LogP contribution in [-0.4, -0.2) is 21.5 Å². The third-order valence-corrected chi connectivity index (χ3v) is 9.16. The SMILES string of the molecule is CCC[Si](NCC)(NCC)C1CCCCC1. The van der Waals surface area contributed by atoms with Crippen molar-refractivity contribution in [1.82, 2.24) is 9.96 Å². The summed E-state index contributed by atoms with van der Waals surface area (Å²) in [7, 11) is -1.39.